The number of amides is 1. The molecule has 0 radical (unpaired) electrons. The molecule has 0 atom stereocenters. The number of hydrogen-bond acceptors (Lipinski definition) is 3. The van der Waals surface area contributed by atoms with Crippen molar-refractivity contribution in [1.29, 1.82) is 0 Å². The van der Waals surface area contributed by atoms with Crippen molar-refractivity contribution >= 4 is 33.2 Å². The van der Waals surface area contributed by atoms with E-state index in [1.165, 1.54) is 4.31 Å². The van der Waals surface area contributed by atoms with E-state index >= 15 is 0 Å². The minimum Gasteiger partial charge on any atom is -0.325 e. The highest BCUT2D eigenvalue weighted by Crippen LogP contribution is 2.20. The van der Waals surface area contributed by atoms with E-state index in [-0.39, 0.29) is 24.9 Å². The van der Waals surface area contributed by atoms with Gasteiger partial charge in [-0.3, -0.25) is 4.79 Å². The molecule has 0 aromatic heterocycles. The molecular weight excluding hydrogens is 300 g/mol. The molecule has 0 bridgehead atoms. The Kier molecular flexibility index (Phi) is 5.98. The second-order valence-electron chi connectivity index (χ2n) is 4.75. The van der Waals surface area contributed by atoms with Crippen molar-refractivity contribution in [2.45, 2.75) is 26.3 Å². The molecule has 1 aromatic rings. The number of anilines is 1. The van der Waals surface area contributed by atoms with E-state index in [0.717, 1.165) is 6.26 Å². The summed E-state index contributed by atoms with van der Waals surface area (Å²) < 4.78 is 24.4. The molecule has 0 aliphatic carbocycles. The predicted octanol–water partition coefficient (Wildman–Crippen LogP) is 2.34. The van der Waals surface area contributed by atoms with E-state index in [0.29, 0.717) is 10.7 Å². The Morgan fingerprint density at radius 3 is 2.45 bits per heavy atom. The molecule has 1 amide bonds. The van der Waals surface area contributed by atoms with Crippen LogP contribution < -0.4 is 5.32 Å². The van der Waals surface area contributed by atoms with E-state index in [9.17, 15) is 13.2 Å². The molecule has 0 aliphatic heterocycles. The quantitative estimate of drug-likeness (QED) is 0.875. The molecule has 0 saturated carbocycles. The van der Waals surface area contributed by atoms with Crippen LogP contribution >= 0.6 is 11.6 Å². The number of benzene rings is 1. The largest absolute Gasteiger partial charge is 0.325 e. The van der Waals surface area contributed by atoms with Gasteiger partial charge in [-0.2, -0.15) is 4.31 Å². The van der Waals surface area contributed by atoms with Gasteiger partial charge in [0.05, 0.1) is 17.0 Å². The van der Waals surface area contributed by atoms with Crippen LogP contribution in [0, 0.1) is 0 Å². The van der Waals surface area contributed by atoms with E-state index in [4.69, 9.17) is 11.6 Å². The topological polar surface area (TPSA) is 66.5 Å². The minimum absolute atomic E-state index is 0.0798. The number of carbonyl (C=O) groups excluding carboxylic acids is 1. The van der Waals surface area contributed by atoms with Crippen LogP contribution in [-0.4, -0.2) is 37.5 Å². The first-order valence-corrected chi connectivity index (χ1v) is 8.45. The molecule has 0 aliphatic rings. The summed E-state index contributed by atoms with van der Waals surface area (Å²) in [4.78, 5) is 11.8. The second kappa shape index (κ2) is 7.06. The van der Waals surface area contributed by atoms with Crippen LogP contribution in [0.1, 0.15) is 20.3 Å². The molecule has 1 N–H and O–H groups in total. The first-order chi connectivity index (χ1) is 9.21. The Morgan fingerprint density at radius 2 is 1.95 bits per heavy atom. The van der Waals surface area contributed by atoms with E-state index in [2.05, 4.69) is 5.32 Å². The van der Waals surface area contributed by atoms with Crippen molar-refractivity contribution < 1.29 is 13.2 Å². The molecular formula is C13H19ClN2O3S. The standard InChI is InChI=1S/C13H19ClN2O3S/c1-10(2)16(20(3,18)19)9-8-13(17)15-12-7-5-4-6-11(12)14/h4-7,10H,8-9H2,1-3H3,(H,15,17). The fourth-order valence-electron chi connectivity index (χ4n) is 1.79. The van der Waals surface area contributed by atoms with E-state index < -0.39 is 10.0 Å². The number of rotatable bonds is 6. The molecule has 5 nitrogen and oxygen atoms in total. The van der Waals surface area contributed by atoms with Crippen LogP contribution in [0.15, 0.2) is 24.3 Å². The zero-order valence-corrected chi connectivity index (χ0v) is 13.3. The Morgan fingerprint density at radius 1 is 1.35 bits per heavy atom. The molecule has 0 spiro atoms. The normalized spacial score (nSPS) is 11.9. The highest BCUT2D eigenvalue weighted by atomic mass is 35.5. The molecule has 0 saturated heterocycles. The van der Waals surface area contributed by atoms with Gasteiger partial charge in [0, 0.05) is 19.0 Å². The van der Waals surface area contributed by atoms with Crippen molar-refractivity contribution in [3.05, 3.63) is 29.3 Å². The van der Waals surface area contributed by atoms with Gasteiger partial charge in [-0.25, -0.2) is 8.42 Å². The average molecular weight is 319 g/mol. The van der Waals surface area contributed by atoms with Crippen molar-refractivity contribution in [2.75, 3.05) is 18.1 Å². The van der Waals surface area contributed by atoms with E-state index in [1.54, 1.807) is 38.1 Å². The maximum atomic E-state index is 11.8. The lowest BCUT2D eigenvalue weighted by atomic mass is 10.3. The Hall–Kier alpha value is -1.11. The van der Waals surface area contributed by atoms with Gasteiger partial charge in [-0.15, -0.1) is 0 Å². The zero-order valence-electron chi connectivity index (χ0n) is 11.8. The molecule has 112 valence electrons. The predicted molar refractivity (Wildman–Crippen MR) is 81.4 cm³/mol. The highest BCUT2D eigenvalue weighted by molar-refractivity contribution is 7.88. The number of sulfonamides is 1. The monoisotopic (exact) mass is 318 g/mol. The van der Waals surface area contributed by atoms with Gasteiger partial charge in [0.25, 0.3) is 0 Å². The van der Waals surface area contributed by atoms with E-state index in [1.807, 2.05) is 0 Å². The summed E-state index contributed by atoms with van der Waals surface area (Å²) in [6, 6.07) is 6.71. The lowest BCUT2D eigenvalue weighted by molar-refractivity contribution is -0.116. The Bertz CT molecular complexity index is 573. The fourth-order valence-corrected chi connectivity index (χ4v) is 3.17. The maximum absolute atomic E-state index is 11.8. The highest BCUT2D eigenvalue weighted by Gasteiger charge is 2.20. The SMILES string of the molecule is CC(C)N(CCC(=O)Nc1ccccc1Cl)S(C)(=O)=O. The molecule has 0 unspecified atom stereocenters. The Balaban J connectivity index is 2.62. The number of carbonyl (C=O) groups is 1. The fraction of sp³-hybridized carbons (Fsp3) is 0.462. The van der Waals surface area contributed by atoms with Gasteiger partial charge in [0.2, 0.25) is 15.9 Å². The van der Waals surface area contributed by atoms with Gasteiger partial charge in [-0.05, 0) is 26.0 Å². The van der Waals surface area contributed by atoms with Crippen molar-refractivity contribution in [1.82, 2.24) is 4.31 Å². The van der Waals surface area contributed by atoms with Gasteiger partial charge in [-0.1, -0.05) is 23.7 Å². The number of para-hydroxylation sites is 1. The summed E-state index contributed by atoms with van der Waals surface area (Å²) in [5, 5.41) is 3.11. The van der Waals surface area contributed by atoms with Gasteiger partial charge >= 0.3 is 0 Å². The summed E-state index contributed by atoms with van der Waals surface area (Å²) in [7, 11) is -3.31. The van der Waals surface area contributed by atoms with Crippen LogP contribution in [0.2, 0.25) is 5.02 Å². The average Bonchev–Trinajstić information content (AvgIpc) is 2.30. The van der Waals surface area contributed by atoms with Crippen LogP contribution in [-0.2, 0) is 14.8 Å². The number of nitrogens with zero attached hydrogens (tertiary/aromatic N) is 1. The molecule has 7 heteroatoms. The van der Waals surface area contributed by atoms with Crippen LogP contribution in [0.5, 0.6) is 0 Å². The minimum atomic E-state index is -3.31. The smallest absolute Gasteiger partial charge is 0.225 e. The lowest BCUT2D eigenvalue weighted by Gasteiger charge is -2.23. The summed E-state index contributed by atoms with van der Waals surface area (Å²) >= 11 is 5.93. The van der Waals surface area contributed by atoms with Gasteiger partial charge < -0.3 is 5.32 Å². The van der Waals surface area contributed by atoms with Gasteiger partial charge in [0.1, 0.15) is 0 Å². The number of halogens is 1. The summed E-state index contributed by atoms with van der Waals surface area (Å²) in [6.07, 6.45) is 1.22. The Labute approximate surface area is 125 Å². The zero-order chi connectivity index (χ0) is 15.3. The van der Waals surface area contributed by atoms with Crippen LogP contribution in [0.3, 0.4) is 0 Å². The first kappa shape index (κ1) is 16.9. The molecule has 0 heterocycles. The summed E-state index contributed by atoms with van der Waals surface area (Å²) in [6.45, 7) is 3.69. The summed E-state index contributed by atoms with van der Waals surface area (Å²) in [5.41, 5.74) is 0.523. The molecule has 0 fully saturated rings. The van der Waals surface area contributed by atoms with Crippen LogP contribution in [0.4, 0.5) is 5.69 Å². The third-order valence-electron chi connectivity index (χ3n) is 2.71. The van der Waals surface area contributed by atoms with Crippen molar-refractivity contribution in [2.24, 2.45) is 0 Å². The van der Waals surface area contributed by atoms with Crippen molar-refractivity contribution in [3.8, 4) is 0 Å². The lowest BCUT2D eigenvalue weighted by Crippen LogP contribution is -2.38. The molecule has 1 aromatic carbocycles. The third-order valence-corrected chi connectivity index (χ3v) is 4.49. The summed E-state index contributed by atoms with van der Waals surface area (Å²) in [5.74, 6) is -0.271. The molecule has 20 heavy (non-hydrogen) atoms. The number of hydrogen-bond donors (Lipinski definition) is 1. The third kappa shape index (κ3) is 5.11. The second-order valence-corrected chi connectivity index (χ2v) is 7.09. The first-order valence-electron chi connectivity index (χ1n) is 6.23. The number of nitrogens with one attached hydrogen (secondary N) is 1. The van der Waals surface area contributed by atoms with Crippen LogP contribution in [0.25, 0.3) is 0 Å². The van der Waals surface area contributed by atoms with Crippen molar-refractivity contribution in [3.63, 3.8) is 0 Å². The maximum Gasteiger partial charge on any atom is 0.225 e. The molecule has 1 rings (SSSR count). The van der Waals surface area contributed by atoms with Gasteiger partial charge in [0.15, 0.2) is 0 Å².